The first-order valence-electron chi connectivity index (χ1n) is 6.91. The summed E-state index contributed by atoms with van der Waals surface area (Å²) in [6, 6.07) is 5.87. The van der Waals surface area contributed by atoms with Crippen LogP contribution < -0.4 is 10.6 Å². The van der Waals surface area contributed by atoms with Crippen molar-refractivity contribution >= 4 is 17.5 Å². The van der Waals surface area contributed by atoms with Crippen LogP contribution in [0.2, 0.25) is 0 Å². The van der Waals surface area contributed by atoms with Crippen molar-refractivity contribution in [2.45, 2.75) is 38.6 Å². The van der Waals surface area contributed by atoms with Crippen molar-refractivity contribution in [1.82, 2.24) is 5.32 Å². The Bertz CT molecular complexity index is 539. The van der Waals surface area contributed by atoms with Crippen LogP contribution in [-0.4, -0.2) is 17.9 Å². The summed E-state index contributed by atoms with van der Waals surface area (Å²) in [6.07, 6.45) is 4.98. The third kappa shape index (κ3) is 2.23. The monoisotopic (exact) mass is 258 g/mol. The molecule has 0 bridgehead atoms. The predicted octanol–water partition coefficient (Wildman–Crippen LogP) is 2.56. The molecule has 1 saturated carbocycles. The summed E-state index contributed by atoms with van der Waals surface area (Å²) < 4.78 is 0. The summed E-state index contributed by atoms with van der Waals surface area (Å²) in [4.78, 5) is 23.1. The van der Waals surface area contributed by atoms with Gasteiger partial charge in [-0.05, 0) is 37.0 Å². The average molecular weight is 258 g/mol. The first-order valence-corrected chi connectivity index (χ1v) is 6.91. The lowest BCUT2D eigenvalue weighted by Crippen LogP contribution is -2.30. The molecule has 0 aromatic heterocycles. The number of hydrogen-bond acceptors (Lipinski definition) is 3. The molecule has 4 heteroatoms. The Kier molecular flexibility index (Phi) is 3.01. The van der Waals surface area contributed by atoms with Crippen LogP contribution in [0, 0.1) is 5.92 Å². The Morgan fingerprint density at radius 2 is 1.84 bits per heavy atom. The van der Waals surface area contributed by atoms with Gasteiger partial charge in [-0.15, -0.1) is 0 Å². The van der Waals surface area contributed by atoms with Gasteiger partial charge in [0.1, 0.15) is 0 Å². The highest BCUT2D eigenvalue weighted by molar-refractivity contribution is 6.21. The first kappa shape index (κ1) is 12.2. The molecule has 2 aliphatic rings. The van der Waals surface area contributed by atoms with Crippen molar-refractivity contribution in [3.05, 3.63) is 29.3 Å². The van der Waals surface area contributed by atoms with Crippen LogP contribution in [0.3, 0.4) is 0 Å². The second-order valence-corrected chi connectivity index (χ2v) is 5.56. The molecule has 2 N–H and O–H groups in total. The van der Waals surface area contributed by atoms with Gasteiger partial charge in [-0.2, -0.15) is 0 Å². The number of imide groups is 1. The molecule has 1 heterocycles. The first-order chi connectivity index (χ1) is 9.15. The zero-order chi connectivity index (χ0) is 13.4. The largest absolute Gasteiger partial charge is 0.382 e. The van der Waals surface area contributed by atoms with Gasteiger partial charge in [0.05, 0.1) is 11.1 Å². The van der Waals surface area contributed by atoms with Gasteiger partial charge in [-0.3, -0.25) is 14.9 Å². The van der Waals surface area contributed by atoms with E-state index in [1.165, 1.54) is 25.7 Å². The molecule has 1 aromatic carbocycles. The Morgan fingerprint density at radius 1 is 1.11 bits per heavy atom. The quantitative estimate of drug-likeness (QED) is 0.801. The molecule has 2 atom stereocenters. The third-order valence-corrected chi connectivity index (χ3v) is 4.20. The molecule has 1 aliphatic carbocycles. The molecule has 0 spiro atoms. The summed E-state index contributed by atoms with van der Waals surface area (Å²) in [5.74, 6) is 0.0652. The van der Waals surface area contributed by atoms with E-state index in [4.69, 9.17) is 0 Å². The van der Waals surface area contributed by atoms with E-state index in [1.807, 2.05) is 6.07 Å². The van der Waals surface area contributed by atoms with E-state index < -0.39 is 0 Å². The molecule has 1 aliphatic heterocycles. The summed E-state index contributed by atoms with van der Waals surface area (Å²) in [7, 11) is 0. The van der Waals surface area contributed by atoms with E-state index >= 15 is 0 Å². The molecule has 100 valence electrons. The van der Waals surface area contributed by atoms with Gasteiger partial charge >= 0.3 is 0 Å². The molecule has 1 fully saturated rings. The minimum absolute atomic E-state index is 0.291. The normalized spacial score (nSPS) is 25.9. The molecule has 19 heavy (non-hydrogen) atoms. The minimum Gasteiger partial charge on any atom is -0.382 e. The zero-order valence-electron chi connectivity index (χ0n) is 11.0. The molecule has 3 rings (SSSR count). The van der Waals surface area contributed by atoms with Crippen LogP contribution in [0.4, 0.5) is 5.69 Å². The Balaban J connectivity index is 1.81. The Labute approximate surface area is 112 Å². The second kappa shape index (κ2) is 4.68. The highest BCUT2D eigenvalue weighted by atomic mass is 16.2. The van der Waals surface area contributed by atoms with Crippen molar-refractivity contribution in [3.8, 4) is 0 Å². The zero-order valence-corrected chi connectivity index (χ0v) is 11.0. The predicted molar refractivity (Wildman–Crippen MR) is 73.3 cm³/mol. The molecular weight excluding hydrogens is 240 g/mol. The number of fused-ring (bicyclic) bond motifs is 1. The van der Waals surface area contributed by atoms with Gasteiger partial charge in [0, 0.05) is 11.7 Å². The fraction of sp³-hybridized carbons (Fsp3) is 0.467. The van der Waals surface area contributed by atoms with Crippen molar-refractivity contribution in [2.75, 3.05) is 5.32 Å². The molecular formula is C15H18N2O2. The molecule has 0 radical (unpaired) electrons. The van der Waals surface area contributed by atoms with Crippen LogP contribution in [0.15, 0.2) is 18.2 Å². The van der Waals surface area contributed by atoms with E-state index in [9.17, 15) is 9.59 Å². The number of nitrogens with one attached hydrogen (secondary N) is 2. The third-order valence-electron chi connectivity index (χ3n) is 4.20. The second-order valence-electron chi connectivity index (χ2n) is 5.56. The summed E-state index contributed by atoms with van der Waals surface area (Å²) in [5.41, 5.74) is 1.90. The van der Waals surface area contributed by atoms with E-state index in [-0.39, 0.29) is 11.8 Å². The van der Waals surface area contributed by atoms with E-state index in [2.05, 4.69) is 17.6 Å². The van der Waals surface area contributed by atoms with Gasteiger partial charge in [-0.1, -0.05) is 19.8 Å². The van der Waals surface area contributed by atoms with Gasteiger partial charge < -0.3 is 5.32 Å². The number of anilines is 1. The van der Waals surface area contributed by atoms with E-state index in [0.717, 1.165) is 5.69 Å². The molecule has 2 unspecified atom stereocenters. The molecule has 2 amide bonds. The number of hydrogen-bond donors (Lipinski definition) is 2. The molecule has 1 aromatic rings. The van der Waals surface area contributed by atoms with E-state index in [0.29, 0.717) is 23.1 Å². The van der Waals surface area contributed by atoms with Crippen molar-refractivity contribution in [2.24, 2.45) is 5.92 Å². The fourth-order valence-corrected chi connectivity index (χ4v) is 3.00. The maximum atomic E-state index is 11.6. The van der Waals surface area contributed by atoms with Crippen LogP contribution in [-0.2, 0) is 0 Å². The SMILES string of the molecule is CC1CCCCC1Nc1ccc2c(c1)C(=O)NC2=O. The smallest absolute Gasteiger partial charge is 0.259 e. The van der Waals surface area contributed by atoms with Crippen LogP contribution in [0.25, 0.3) is 0 Å². The van der Waals surface area contributed by atoms with Gasteiger partial charge in [0.2, 0.25) is 0 Å². The summed E-state index contributed by atoms with van der Waals surface area (Å²) in [6.45, 7) is 2.26. The summed E-state index contributed by atoms with van der Waals surface area (Å²) >= 11 is 0. The molecule has 4 nitrogen and oxygen atoms in total. The molecule has 0 saturated heterocycles. The number of rotatable bonds is 2. The van der Waals surface area contributed by atoms with Crippen LogP contribution in [0.1, 0.15) is 53.3 Å². The Morgan fingerprint density at radius 3 is 2.63 bits per heavy atom. The van der Waals surface area contributed by atoms with Gasteiger partial charge in [-0.25, -0.2) is 0 Å². The topological polar surface area (TPSA) is 58.2 Å². The maximum absolute atomic E-state index is 11.6. The van der Waals surface area contributed by atoms with Crippen molar-refractivity contribution in [1.29, 1.82) is 0 Å². The van der Waals surface area contributed by atoms with Crippen molar-refractivity contribution < 1.29 is 9.59 Å². The summed E-state index contributed by atoms with van der Waals surface area (Å²) in [5, 5.41) is 5.82. The van der Waals surface area contributed by atoms with E-state index in [1.54, 1.807) is 12.1 Å². The number of carbonyl (C=O) groups excluding carboxylic acids is 2. The number of benzene rings is 1. The standard InChI is InChI=1S/C15H18N2O2/c1-9-4-2-3-5-13(9)16-10-6-7-11-12(8-10)15(19)17-14(11)18/h6-9,13,16H,2-5H2,1H3,(H,17,18,19). The lowest BCUT2D eigenvalue weighted by Gasteiger charge is -2.30. The minimum atomic E-state index is -0.294. The van der Waals surface area contributed by atoms with Crippen LogP contribution in [0.5, 0.6) is 0 Å². The van der Waals surface area contributed by atoms with Gasteiger partial charge in [0.25, 0.3) is 11.8 Å². The fourth-order valence-electron chi connectivity index (χ4n) is 3.00. The highest BCUT2D eigenvalue weighted by Crippen LogP contribution is 2.28. The number of amides is 2. The average Bonchev–Trinajstić information content (AvgIpc) is 2.68. The Hall–Kier alpha value is -1.84. The lowest BCUT2D eigenvalue weighted by atomic mass is 9.86. The highest BCUT2D eigenvalue weighted by Gasteiger charge is 2.27. The lowest BCUT2D eigenvalue weighted by molar-refractivity contribution is 0.0879. The maximum Gasteiger partial charge on any atom is 0.259 e. The van der Waals surface area contributed by atoms with Crippen LogP contribution >= 0.6 is 0 Å². The number of carbonyl (C=O) groups is 2. The van der Waals surface area contributed by atoms with Crippen molar-refractivity contribution in [3.63, 3.8) is 0 Å². The van der Waals surface area contributed by atoms with Gasteiger partial charge in [0.15, 0.2) is 0 Å².